The molecule has 1 unspecified atom stereocenters. The maximum atomic E-state index is 12.9. The zero-order valence-electron chi connectivity index (χ0n) is 51.0. The highest BCUT2D eigenvalue weighted by Crippen LogP contribution is 2.17. The Balaban J connectivity index is 4.25. The lowest BCUT2D eigenvalue weighted by Gasteiger charge is -2.18. The van der Waals surface area contributed by atoms with Gasteiger partial charge in [-0.1, -0.05) is 298 Å². The fraction of sp³-hybridized carbons (Fsp3) is 0.761. The molecule has 0 fully saturated rings. The van der Waals surface area contributed by atoms with E-state index in [1.807, 2.05) is 0 Å². The first-order chi connectivity index (χ1) is 38.0. The molecule has 444 valence electrons. The molecule has 6 nitrogen and oxygen atoms in total. The topological polar surface area (TPSA) is 78.9 Å². The molecule has 0 aliphatic rings. The van der Waals surface area contributed by atoms with E-state index in [0.717, 1.165) is 103 Å². The van der Waals surface area contributed by atoms with Crippen LogP contribution in [0, 0.1) is 0 Å². The minimum Gasteiger partial charge on any atom is -0.462 e. The van der Waals surface area contributed by atoms with Gasteiger partial charge < -0.3 is 14.2 Å². The molecule has 6 heteroatoms. The Morgan fingerprint density at radius 1 is 0.273 bits per heavy atom. The smallest absolute Gasteiger partial charge is 0.306 e. The highest BCUT2D eigenvalue weighted by molar-refractivity contribution is 5.71. The van der Waals surface area contributed by atoms with Crippen LogP contribution in [0.3, 0.4) is 0 Å². The van der Waals surface area contributed by atoms with Gasteiger partial charge in [-0.05, 0) is 96.3 Å². The average molecular weight is 1070 g/mol. The molecule has 0 heterocycles. The predicted octanol–water partition coefficient (Wildman–Crippen LogP) is 22.7. The highest BCUT2D eigenvalue weighted by Gasteiger charge is 2.19. The molecule has 0 aromatic rings. The van der Waals surface area contributed by atoms with E-state index in [9.17, 15) is 14.4 Å². The number of carbonyl (C=O) groups excluding carboxylic acids is 3. The summed E-state index contributed by atoms with van der Waals surface area (Å²) in [6.45, 7) is 6.53. The molecule has 0 spiro atoms. The number of carbonyl (C=O) groups is 3. The number of esters is 3. The summed E-state index contributed by atoms with van der Waals surface area (Å²) < 4.78 is 16.9. The van der Waals surface area contributed by atoms with Gasteiger partial charge in [-0.3, -0.25) is 14.4 Å². The lowest BCUT2D eigenvalue weighted by Crippen LogP contribution is -2.30. The van der Waals surface area contributed by atoms with Crippen LogP contribution in [-0.2, 0) is 28.6 Å². The Morgan fingerprint density at radius 2 is 0.506 bits per heavy atom. The molecular weight excluding hydrogens is 949 g/mol. The van der Waals surface area contributed by atoms with Crippen LogP contribution in [0.2, 0.25) is 0 Å². The van der Waals surface area contributed by atoms with E-state index < -0.39 is 6.10 Å². The van der Waals surface area contributed by atoms with Crippen molar-refractivity contribution in [1.29, 1.82) is 0 Å². The zero-order valence-corrected chi connectivity index (χ0v) is 51.0. The van der Waals surface area contributed by atoms with Crippen LogP contribution in [0.1, 0.15) is 329 Å². The molecule has 77 heavy (non-hydrogen) atoms. The van der Waals surface area contributed by atoms with Gasteiger partial charge in [-0.25, -0.2) is 0 Å². The molecule has 0 aromatic heterocycles. The van der Waals surface area contributed by atoms with Crippen molar-refractivity contribution in [2.75, 3.05) is 13.2 Å². The number of hydrogen-bond donors (Lipinski definition) is 0. The van der Waals surface area contributed by atoms with Crippen molar-refractivity contribution < 1.29 is 28.6 Å². The number of rotatable bonds is 60. The third kappa shape index (κ3) is 63.3. The lowest BCUT2D eigenvalue weighted by molar-refractivity contribution is -0.167. The van der Waals surface area contributed by atoms with Gasteiger partial charge in [0.15, 0.2) is 6.10 Å². The van der Waals surface area contributed by atoms with Crippen molar-refractivity contribution in [3.63, 3.8) is 0 Å². The van der Waals surface area contributed by atoms with Gasteiger partial charge in [0.05, 0.1) is 0 Å². The lowest BCUT2D eigenvalue weighted by atomic mass is 10.0. The molecular formula is C71H124O6. The Labute approximate surface area is 477 Å². The summed E-state index contributed by atoms with van der Waals surface area (Å²) in [6.07, 6.45) is 85.9. The van der Waals surface area contributed by atoms with Crippen LogP contribution in [0.4, 0.5) is 0 Å². The molecule has 0 aromatic carbocycles. The Hall–Kier alpha value is -3.41. The second-order valence-electron chi connectivity index (χ2n) is 22.0. The van der Waals surface area contributed by atoms with Crippen LogP contribution >= 0.6 is 0 Å². The van der Waals surface area contributed by atoms with E-state index >= 15 is 0 Å². The van der Waals surface area contributed by atoms with Crippen molar-refractivity contribution >= 4 is 17.9 Å². The summed E-state index contributed by atoms with van der Waals surface area (Å²) in [5.74, 6) is -0.869. The van der Waals surface area contributed by atoms with Gasteiger partial charge >= 0.3 is 17.9 Å². The van der Waals surface area contributed by atoms with Crippen LogP contribution in [0.5, 0.6) is 0 Å². The fourth-order valence-corrected chi connectivity index (χ4v) is 9.44. The van der Waals surface area contributed by atoms with Gasteiger partial charge in [0.25, 0.3) is 0 Å². The van der Waals surface area contributed by atoms with Gasteiger partial charge in [0, 0.05) is 19.3 Å². The number of unbranched alkanes of at least 4 members (excludes halogenated alkanes) is 35. The minimum absolute atomic E-state index is 0.0757. The van der Waals surface area contributed by atoms with Crippen molar-refractivity contribution in [2.24, 2.45) is 0 Å². The largest absolute Gasteiger partial charge is 0.462 e. The molecule has 0 radical (unpaired) electrons. The van der Waals surface area contributed by atoms with Gasteiger partial charge in [-0.2, -0.15) is 0 Å². The summed E-state index contributed by atoms with van der Waals surface area (Å²) in [6, 6.07) is 0. The normalized spacial score (nSPS) is 12.6. The highest BCUT2D eigenvalue weighted by atomic mass is 16.6. The average Bonchev–Trinajstić information content (AvgIpc) is 3.43. The standard InChI is InChI=1S/C71H124O6/c1-4-7-10-13-16-19-22-25-27-29-30-31-32-33-34-35-36-37-38-39-40-42-43-46-49-52-55-58-61-64-70(73)76-67-68(66-75-69(72)63-60-57-54-51-48-45-24-21-18-15-12-9-6-3)77-71(74)65-62-59-56-53-50-47-44-41-28-26-23-20-17-14-11-8-5-2/h7,10,16-17,19-20,25-28,30-31,33-34,68H,4-6,8-9,11-15,18,21-24,29,32,35-67H2,1-3H3/b10-7-,19-16-,20-17-,27-25-,28-26-,31-30-,34-33-. The number of hydrogen-bond acceptors (Lipinski definition) is 6. The maximum absolute atomic E-state index is 12.9. The van der Waals surface area contributed by atoms with Crippen molar-refractivity contribution in [3.8, 4) is 0 Å². The first-order valence-corrected chi connectivity index (χ1v) is 33.1. The predicted molar refractivity (Wildman–Crippen MR) is 334 cm³/mol. The van der Waals surface area contributed by atoms with Gasteiger partial charge in [-0.15, -0.1) is 0 Å². The summed E-state index contributed by atoms with van der Waals surface area (Å²) in [5.41, 5.74) is 0. The second-order valence-corrected chi connectivity index (χ2v) is 22.0. The Morgan fingerprint density at radius 3 is 0.818 bits per heavy atom. The Bertz CT molecular complexity index is 1470. The molecule has 0 aliphatic carbocycles. The van der Waals surface area contributed by atoms with Crippen LogP contribution in [0.25, 0.3) is 0 Å². The fourth-order valence-electron chi connectivity index (χ4n) is 9.44. The zero-order chi connectivity index (χ0) is 55.7. The number of allylic oxidation sites excluding steroid dienone is 14. The SMILES string of the molecule is CC/C=C\C/C=C\C/C=C\C/C=C\C/C=C\CCCCCCCCCCCCCCCC(=O)OCC(COC(=O)CCCCCCCCCCCCCCC)OC(=O)CCCCCCCCC/C=C\C/C=C\CCCCC. The van der Waals surface area contributed by atoms with E-state index in [2.05, 4.69) is 106 Å². The summed E-state index contributed by atoms with van der Waals surface area (Å²) in [5, 5.41) is 0. The second kappa shape index (κ2) is 65.1. The van der Waals surface area contributed by atoms with Crippen molar-refractivity contribution in [2.45, 2.75) is 335 Å². The van der Waals surface area contributed by atoms with Crippen LogP contribution in [0.15, 0.2) is 85.1 Å². The van der Waals surface area contributed by atoms with Gasteiger partial charge in [0.1, 0.15) is 13.2 Å². The van der Waals surface area contributed by atoms with E-state index in [1.54, 1.807) is 0 Å². The number of ether oxygens (including phenoxy) is 3. The van der Waals surface area contributed by atoms with Crippen molar-refractivity contribution in [1.82, 2.24) is 0 Å². The van der Waals surface area contributed by atoms with Gasteiger partial charge in [0.2, 0.25) is 0 Å². The van der Waals surface area contributed by atoms with E-state index in [-0.39, 0.29) is 31.1 Å². The molecule has 0 aliphatic heterocycles. The molecule has 0 rings (SSSR count). The van der Waals surface area contributed by atoms with Crippen LogP contribution in [-0.4, -0.2) is 37.2 Å². The molecule has 0 N–H and O–H groups in total. The maximum Gasteiger partial charge on any atom is 0.306 e. The molecule has 0 saturated heterocycles. The summed E-state index contributed by atoms with van der Waals surface area (Å²) >= 11 is 0. The third-order valence-electron chi connectivity index (χ3n) is 14.4. The monoisotopic (exact) mass is 1070 g/mol. The van der Waals surface area contributed by atoms with Crippen LogP contribution < -0.4 is 0 Å². The molecule has 0 saturated carbocycles. The first-order valence-electron chi connectivity index (χ1n) is 33.1. The molecule has 0 amide bonds. The Kier molecular flexibility index (Phi) is 62.2. The van der Waals surface area contributed by atoms with E-state index in [1.165, 1.54) is 186 Å². The quantitative estimate of drug-likeness (QED) is 0.0261. The first kappa shape index (κ1) is 73.6. The molecule has 0 bridgehead atoms. The van der Waals surface area contributed by atoms with Crippen molar-refractivity contribution in [3.05, 3.63) is 85.1 Å². The molecule has 1 atom stereocenters. The van der Waals surface area contributed by atoms with E-state index in [4.69, 9.17) is 14.2 Å². The van der Waals surface area contributed by atoms with E-state index in [0.29, 0.717) is 19.3 Å². The summed E-state index contributed by atoms with van der Waals surface area (Å²) in [7, 11) is 0. The third-order valence-corrected chi connectivity index (χ3v) is 14.4. The minimum atomic E-state index is -0.780. The summed E-state index contributed by atoms with van der Waals surface area (Å²) in [4.78, 5) is 38.3.